The molecule has 0 N–H and O–H groups in total. The lowest BCUT2D eigenvalue weighted by atomic mass is 9.72. The number of rotatable bonds is 5. The van der Waals surface area contributed by atoms with Gasteiger partial charge in [-0.2, -0.15) is 0 Å². The number of methoxy groups -OCH3 is 1. The van der Waals surface area contributed by atoms with Crippen molar-refractivity contribution in [3.05, 3.63) is 72.1 Å². The molecule has 6 heteroatoms. The van der Waals surface area contributed by atoms with Crippen LogP contribution in [0.25, 0.3) is 21.9 Å². The van der Waals surface area contributed by atoms with Crippen LogP contribution in [0.2, 0.25) is 0 Å². The van der Waals surface area contributed by atoms with Gasteiger partial charge in [0.2, 0.25) is 0 Å². The van der Waals surface area contributed by atoms with Gasteiger partial charge in [-0.05, 0) is 61.7 Å². The molecule has 2 aromatic heterocycles. The van der Waals surface area contributed by atoms with E-state index >= 15 is 0 Å². The standard InChI is InChI=1S/C28H28N2O4/c1-17(31)33-28(21-9-11-29-24-8-7-20(32-2)15-22(21)24)25-13-18-10-12-30(25)16-23(18)27-14-19-5-3-4-6-26(19)34-27/h3-9,11,14-15,18,23,25,28H,10,12-13,16H2,1-2H3/t18-,23-,25+,28-/m0/s1. The Morgan fingerprint density at radius 2 is 2.06 bits per heavy atom. The minimum Gasteiger partial charge on any atom is -0.497 e. The minimum atomic E-state index is -0.366. The number of carbonyl (C=O) groups is 1. The molecule has 0 spiro atoms. The van der Waals surface area contributed by atoms with Crippen LogP contribution in [0.1, 0.15) is 43.1 Å². The predicted molar refractivity (Wildman–Crippen MR) is 130 cm³/mol. The second-order valence-electron chi connectivity index (χ2n) is 9.45. The number of para-hydroxylation sites is 1. The normalized spacial score (nSPS) is 24.9. The van der Waals surface area contributed by atoms with E-state index in [1.165, 1.54) is 6.92 Å². The zero-order valence-corrected chi connectivity index (χ0v) is 19.4. The average Bonchev–Trinajstić information content (AvgIpc) is 3.31. The van der Waals surface area contributed by atoms with Gasteiger partial charge >= 0.3 is 5.97 Å². The maximum atomic E-state index is 12.2. The molecule has 34 heavy (non-hydrogen) atoms. The summed E-state index contributed by atoms with van der Waals surface area (Å²) in [6.07, 6.45) is 3.51. The van der Waals surface area contributed by atoms with Gasteiger partial charge in [0.1, 0.15) is 23.2 Å². The number of furan rings is 1. The molecule has 2 aromatic carbocycles. The maximum absolute atomic E-state index is 12.2. The summed E-state index contributed by atoms with van der Waals surface area (Å²) in [7, 11) is 1.66. The van der Waals surface area contributed by atoms with Gasteiger partial charge in [-0.1, -0.05) is 18.2 Å². The molecule has 3 saturated heterocycles. The molecule has 174 valence electrons. The number of benzene rings is 2. The van der Waals surface area contributed by atoms with Crippen molar-refractivity contribution in [1.82, 2.24) is 9.88 Å². The van der Waals surface area contributed by atoms with Crippen molar-refractivity contribution in [1.29, 1.82) is 0 Å². The number of nitrogens with zero attached hydrogens (tertiary/aromatic N) is 2. The fourth-order valence-corrected chi connectivity index (χ4v) is 5.94. The Morgan fingerprint density at radius 1 is 1.18 bits per heavy atom. The molecule has 3 fully saturated rings. The Hall–Kier alpha value is -3.38. The van der Waals surface area contributed by atoms with E-state index in [2.05, 4.69) is 22.0 Å². The van der Waals surface area contributed by atoms with E-state index in [1.807, 2.05) is 42.5 Å². The third kappa shape index (κ3) is 3.62. The molecule has 0 aliphatic carbocycles. The van der Waals surface area contributed by atoms with Gasteiger partial charge in [0, 0.05) is 41.9 Å². The zero-order chi connectivity index (χ0) is 23.2. The highest BCUT2D eigenvalue weighted by Crippen LogP contribution is 2.47. The first-order chi connectivity index (χ1) is 16.6. The van der Waals surface area contributed by atoms with E-state index in [-0.39, 0.29) is 18.1 Å². The van der Waals surface area contributed by atoms with Crippen molar-refractivity contribution in [3.63, 3.8) is 0 Å². The van der Waals surface area contributed by atoms with Gasteiger partial charge < -0.3 is 13.9 Å². The Kier molecular flexibility index (Phi) is 5.26. The average molecular weight is 457 g/mol. The summed E-state index contributed by atoms with van der Waals surface area (Å²) in [4.78, 5) is 19.2. The third-order valence-electron chi connectivity index (χ3n) is 7.54. The van der Waals surface area contributed by atoms with Crippen LogP contribution in [0.3, 0.4) is 0 Å². The predicted octanol–water partition coefficient (Wildman–Crippen LogP) is 5.47. The molecule has 1 unspecified atom stereocenters. The molecule has 6 nitrogen and oxygen atoms in total. The van der Waals surface area contributed by atoms with Crippen LogP contribution in [0.15, 0.2) is 65.2 Å². The molecule has 4 aromatic rings. The Balaban J connectivity index is 1.35. The Morgan fingerprint density at radius 3 is 2.82 bits per heavy atom. The van der Waals surface area contributed by atoms with Gasteiger partial charge in [-0.15, -0.1) is 0 Å². The second-order valence-corrected chi connectivity index (χ2v) is 9.45. The summed E-state index contributed by atoms with van der Waals surface area (Å²) in [5.74, 6) is 2.39. The molecule has 0 radical (unpaired) electrons. The van der Waals surface area contributed by atoms with Crippen molar-refractivity contribution in [2.45, 2.75) is 37.8 Å². The molecule has 2 bridgehead atoms. The highest BCUT2D eigenvalue weighted by molar-refractivity contribution is 5.84. The van der Waals surface area contributed by atoms with Gasteiger partial charge in [0.15, 0.2) is 0 Å². The first-order valence-electron chi connectivity index (χ1n) is 11.9. The van der Waals surface area contributed by atoms with Crippen LogP contribution >= 0.6 is 0 Å². The quantitative estimate of drug-likeness (QED) is 0.371. The lowest BCUT2D eigenvalue weighted by Crippen LogP contribution is -2.55. The minimum absolute atomic E-state index is 0.111. The topological polar surface area (TPSA) is 64.8 Å². The number of fused-ring (bicyclic) bond motifs is 5. The number of pyridine rings is 1. The lowest BCUT2D eigenvalue weighted by Gasteiger charge is -2.51. The summed E-state index contributed by atoms with van der Waals surface area (Å²) >= 11 is 0. The number of carbonyl (C=O) groups excluding carboxylic acids is 1. The number of aromatic nitrogens is 1. The number of ether oxygens (including phenoxy) is 2. The van der Waals surface area contributed by atoms with Gasteiger partial charge in [-0.25, -0.2) is 0 Å². The molecule has 5 atom stereocenters. The summed E-state index contributed by atoms with van der Waals surface area (Å²) in [5.41, 5.74) is 2.80. The van der Waals surface area contributed by atoms with Crippen molar-refractivity contribution < 1.29 is 18.7 Å². The van der Waals surface area contributed by atoms with E-state index in [1.54, 1.807) is 13.3 Å². The van der Waals surface area contributed by atoms with E-state index < -0.39 is 0 Å². The summed E-state index contributed by atoms with van der Waals surface area (Å²) in [6.45, 7) is 3.39. The van der Waals surface area contributed by atoms with Crippen LogP contribution < -0.4 is 4.74 Å². The van der Waals surface area contributed by atoms with Crippen LogP contribution in [-0.4, -0.2) is 42.1 Å². The van der Waals surface area contributed by atoms with Crippen LogP contribution in [-0.2, 0) is 9.53 Å². The molecule has 7 rings (SSSR count). The van der Waals surface area contributed by atoms with Crippen LogP contribution in [0, 0.1) is 5.92 Å². The number of hydrogen-bond acceptors (Lipinski definition) is 6. The third-order valence-corrected chi connectivity index (χ3v) is 7.54. The molecule has 0 amide bonds. The van der Waals surface area contributed by atoms with E-state index in [0.717, 1.165) is 64.9 Å². The van der Waals surface area contributed by atoms with Crippen molar-refractivity contribution in [2.24, 2.45) is 5.92 Å². The zero-order valence-electron chi connectivity index (χ0n) is 19.4. The van der Waals surface area contributed by atoms with Gasteiger partial charge in [0.25, 0.3) is 0 Å². The monoisotopic (exact) mass is 456 g/mol. The first kappa shape index (κ1) is 21.2. The second kappa shape index (κ2) is 8.44. The SMILES string of the molecule is COc1ccc2nccc([C@H](OC(C)=O)[C@H]3C[C@@H]4CCN3C[C@@H]4c3cc4ccccc4o3)c2c1. The summed E-state index contributed by atoms with van der Waals surface area (Å²) in [5, 5.41) is 2.12. The first-order valence-corrected chi connectivity index (χ1v) is 11.9. The molecule has 5 heterocycles. The number of hydrogen-bond donors (Lipinski definition) is 0. The van der Waals surface area contributed by atoms with E-state index in [0.29, 0.717) is 11.8 Å². The van der Waals surface area contributed by atoms with Crippen LogP contribution in [0.5, 0.6) is 5.75 Å². The van der Waals surface area contributed by atoms with Crippen LogP contribution in [0.4, 0.5) is 0 Å². The van der Waals surface area contributed by atoms with Crippen molar-refractivity contribution in [2.75, 3.05) is 20.2 Å². The molecular weight excluding hydrogens is 428 g/mol. The largest absolute Gasteiger partial charge is 0.497 e. The molecular formula is C28H28N2O4. The number of esters is 1. The van der Waals surface area contributed by atoms with E-state index in [9.17, 15) is 4.79 Å². The molecule has 3 aliphatic rings. The fourth-order valence-electron chi connectivity index (χ4n) is 5.94. The van der Waals surface area contributed by atoms with Gasteiger partial charge in [-0.3, -0.25) is 14.7 Å². The Labute approximate surface area is 198 Å². The maximum Gasteiger partial charge on any atom is 0.303 e. The lowest BCUT2D eigenvalue weighted by molar-refractivity contribution is -0.154. The van der Waals surface area contributed by atoms with E-state index in [4.69, 9.17) is 13.9 Å². The molecule has 0 saturated carbocycles. The van der Waals surface area contributed by atoms with Crippen molar-refractivity contribution in [3.8, 4) is 5.75 Å². The Bertz CT molecular complexity index is 1330. The smallest absolute Gasteiger partial charge is 0.303 e. The highest BCUT2D eigenvalue weighted by atomic mass is 16.5. The molecule has 3 aliphatic heterocycles. The fraction of sp³-hybridized carbons (Fsp3) is 0.357. The number of piperidine rings is 3. The summed E-state index contributed by atoms with van der Waals surface area (Å²) < 4.78 is 17.7. The summed E-state index contributed by atoms with van der Waals surface area (Å²) in [6, 6.07) is 18.3. The highest BCUT2D eigenvalue weighted by Gasteiger charge is 2.46. The van der Waals surface area contributed by atoms with Gasteiger partial charge in [0.05, 0.1) is 18.7 Å². The van der Waals surface area contributed by atoms with Crippen molar-refractivity contribution >= 4 is 27.8 Å².